The zero-order chi connectivity index (χ0) is 14.1. The summed E-state index contributed by atoms with van der Waals surface area (Å²) >= 11 is 0. The second kappa shape index (κ2) is 5.98. The van der Waals surface area contributed by atoms with Crippen LogP contribution in [-0.4, -0.2) is 17.6 Å². The van der Waals surface area contributed by atoms with Crippen LogP contribution in [0.25, 0.3) is 0 Å². The van der Waals surface area contributed by atoms with Gasteiger partial charge in [0.05, 0.1) is 11.6 Å². The third kappa shape index (κ3) is 3.99. The smallest absolute Gasteiger partial charge is 0.390 e. The molecule has 0 bridgehead atoms. The summed E-state index contributed by atoms with van der Waals surface area (Å²) < 4.78 is 76.6. The number of aliphatic hydroxyl groups excluding tert-OH is 1. The third-order valence-corrected chi connectivity index (χ3v) is 2.32. The molecule has 0 unspecified atom stereocenters. The molecule has 0 fully saturated rings. The van der Waals surface area contributed by atoms with E-state index < -0.39 is 41.7 Å². The van der Waals surface area contributed by atoms with Crippen LogP contribution >= 0.6 is 12.4 Å². The van der Waals surface area contributed by atoms with Crippen LogP contribution in [0.4, 0.5) is 26.3 Å². The molecule has 110 valence electrons. The summed E-state index contributed by atoms with van der Waals surface area (Å²) in [5.74, 6) is -5.10. The lowest BCUT2D eigenvalue weighted by Gasteiger charge is -2.24. The molecule has 0 aliphatic carbocycles. The quantitative estimate of drug-likeness (QED) is 0.843. The first kappa shape index (κ1) is 18.0. The second-order valence-electron chi connectivity index (χ2n) is 3.63. The number of hydrogen-bond acceptors (Lipinski definition) is 2. The maximum absolute atomic E-state index is 13.1. The highest BCUT2D eigenvalue weighted by Gasteiger charge is 2.43. The van der Waals surface area contributed by atoms with Crippen LogP contribution in [0.3, 0.4) is 0 Å². The van der Waals surface area contributed by atoms with E-state index in [0.29, 0.717) is 12.1 Å². The molecule has 0 aliphatic heterocycles. The molecule has 9 heteroatoms. The van der Waals surface area contributed by atoms with Gasteiger partial charge in [-0.1, -0.05) is 0 Å². The number of nitrogens with two attached hydrogens (primary N) is 1. The molecule has 1 atom stereocenters. The molecule has 0 saturated heterocycles. The fourth-order valence-corrected chi connectivity index (χ4v) is 1.37. The van der Waals surface area contributed by atoms with Crippen LogP contribution in [-0.2, 0) is 6.18 Å². The molecular formula is C10H10ClF6NO. The normalized spacial score (nSPS) is 13.9. The highest BCUT2D eigenvalue weighted by Crippen LogP contribution is 2.38. The molecule has 3 N–H and O–H groups in total. The Hall–Kier alpha value is -0.990. The van der Waals surface area contributed by atoms with Gasteiger partial charge in [0, 0.05) is 0 Å². The van der Waals surface area contributed by atoms with E-state index in [1.54, 1.807) is 0 Å². The van der Waals surface area contributed by atoms with E-state index in [1.807, 2.05) is 0 Å². The molecule has 0 spiro atoms. The largest absolute Gasteiger partial charge is 0.416 e. The molecule has 1 aromatic rings. The predicted molar refractivity (Wildman–Crippen MR) is 57.6 cm³/mol. The van der Waals surface area contributed by atoms with Gasteiger partial charge in [0.25, 0.3) is 5.92 Å². The average Bonchev–Trinajstić information content (AvgIpc) is 2.26. The van der Waals surface area contributed by atoms with Crippen molar-refractivity contribution in [3.63, 3.8) is 0 Å². The standard InChI is InChI=1S/C10H9F6NO.ClH/c11-5-1-2-7(10(14,15)16)6(3-5)8(17)9(12,13)4-18;/h1-3,8,18H,4,17H2;1H/t8-;/m1./s1. The van der Waals surface area contributed by atoms with Crippen LogP contribution in [0.1, 0.15) is 17.2 Å². The lowest BCUT2D eigenvalue weighted by atomic mass is 9.96. The summed E-state index contributed by atoms with van der Waals surface area (Å²) in [5.41, 5.74) is 2.42. The molecule has 19 heavy (non-hydrogen) atoms. The molecular weight excluding hydrogens is 300 g/mol. The summed E-state index contributed by atoms with van der Waals surface area (Å²) in [7, 11) is 0. The van der Waals surface area contributed by atoms with Gasteiger partial charge >= 0.3 is 6.18 Å². The Morgan fingerprint density at radius 3 is 2.11 bits per heavy atom. The molecule has 0 heterocycles. The minimum Gasteiger partial charge on any atom is -0.390 e. The molecule has 2 nitrogen and oxygen atoms in total. The number of benzene rings is 1. The number of alkyl halides is 5. The minimum atomic E-state index is -4.94. The van der Waals surface area contributed by atoms with E-state index in [2.05, 4.69) is 0 Å². The first-order chi connectivity index (χ1) is 8.09. The Kier molecular flexibility index (Phi) is 5.66. The van der Waals surface area contributed by atoms with E-state index in [4.69, 9.17) is 10.8 Å². The molecule has 0 aromatic heterocycles. The number of halogens is 7. The molecule has 0 saturated carbocycles. The first-order valence-corrected chi connectivity index (χ1v) is 4.70. The zero-order valence-corrected chi connectivity index (χ0v) is 10.0. The van der Waals surface area contributed by atoms with Gasteiger partial charge in [0.15, 0.2) is 0 Å². The van der Waals surface area contributed by atoms with E-state index in [0.717, 1.165) is 0 Å². The van der Waals surface area contributed by atoms with Crippen LogP contribution in [0.15, 0.2) is 18.2 Å². The van der Waals surface area contributed by atoms with Crippen LogP contribution in [0, 0.1) is 5.82 Å². The van der Waals surface area contributed by atoms with Gasteiger partial charge in [-0.2, -0.15) is 13.2 Å². The van der Waals surface area contributed by atoms with Crippen molar-refractivity contribution in [2.75, 3.05) is 6.61 Å². The summed E-state index contributed by atoms with van der Waals surface area (Å²) in [6, 6.07) is -1.33. The van der Waals surface area contributed by atoms with Crippen molar-refractivity contribution in [1.29, 1.82) is 0 Å². The van der Waals surface area contributed by atoms with Gasteiger partial charge in [-0.15, -0.1) is 12.4 Å². The minimum absolute atomic E-state index is 0. The topological polar surface area (TPSA) is 46.2 Å². The third-order valence-electron chi connectivity index (χ3n) is 2.32. The van der Waals surface area contributed by atoms with Crippen molar-refractivity contribution >= 4 is 12.4 Å². The number of rotatable bonds is 3. The summed E-state index contributed by atoms with van der Waals surface area (Å²) in [5, 5.41) is 8.38. The second-order valence-corrected chi connectivity index (χ2v) is 3.63. The van der Waals surface area contributed by atoms with Crippen molar-refractivity contribution in [2.45, 2.75) is 18.1 Å². The fraction of sp³-hybridized carbons (Fsp3) is 0.400. The first-order valence-electron chi connectivity index (χ1n) is 4.70. The number of hydrogen-bond donors (Lipinski definition) is 2. The SMILES string of the molecule is Cl.N[C@H](c1cc(F)ccc1C(F)(F)F)C(F)(F)CO. The Bertz CT molecular complexity index is 437. The van der Waals surface area contributed by atoms with Crippen molar-refractivity contribution in [3.05, 3.63) is 35.1 Å². The Morgan fingerprint density at radius 2 is 1.68 bits per heavy atom. The zero-order valence-electron chi connectivity index (χ0n) is 9.22. The van der Waals surface area contributed by atoms with Gasteiger partial charge in [-0.3, -0.25) is 0 Å². The Morgan fingerprint density at radius 1 is 1.16 bits per heavy atom. The Labute approximate surface area is 110 Å². The molecule has 0 aliphatic rings. The van der Waals surface area contributed by atoms with Crippen molar-refractivity contribution in [3.8, 4) is 0 Å². The molecule has 1 rings (SSSR count). The highest BCUT2D eigenvalue weighted by atomic mass is 35.5. The predicted octanol–water partition coefficient (Wildman–Crippen LogP) is 2.89. The van der Waals surface area contributed by atoms with E-state index >= 15 is 0 Å². The van der Waals surface area contributed by atoms with Crippen LogP contribution in [0.2, 0.25) is 0 Å². The van der Waals surface area contributed by atoms with Crippen LogP contribution < -0.4 is 5.73 Å². The maximum atomic E-state index is 13.1. The summed E-state index contributed by atoms with van der Waals surface area (Å²) in [4.78, 5) is 0. The monoisotopic (exact) mass is 309 g/mol. The Balaban J connectivity index is 0.00000324. The number of aliphatic hydroxyl groups is 1. The van der Waals surface area contributed by atoms with Gasteiger partial charge in [-0.25, -0.2) is 13.2 Å². The molecule has 1 aromatic carbocycles. The van der Waals surface area contributed by atoms with Crippen LogP contribution in [0.5, 0.6) is 0 Å². The maximum Gasteiger partial charge on any atom is 0.416 e. The lowest BCUT2D eigenvalue weighted by molar-refractivity contribution is -0.140. The highest BCUT2D eigenvalue weighted by molar-refractivity contribution is 5.85. The van der Waals surface area contributed by atoms with Gasteiger partial charge in [0.1, 0.15) is 12.4 Å². The summed E-state index contributed by atoms with van der Waals surface area (Å²) in [6.45, 7) is -1.73. The summed E-state index contributed by atoms with van der Waals surface area (Å²) in [6.07, 6.45) is -4.94. The molecule has 0 amide bonds. The van der Waals surface area contributed by atoms with Crippen molar-refractivity contribution < 1.29 is 31.4 Å². The van der Waals surface area contributed by atoms with Crippen molar-refractivity contribution in [2.24, 2.45) is 5.73 Å². The van der Waals surface area contributed by atoms with Gasteiger partial charge < -0.3 is 10.8 Å². The lowest BCUT2D eigenvalue weighted by Crippen LogP contribution is -2.37. The average molecular weight is 310 g/mol. The fourth-order valence-electron chi connectivity index (χ4n) is 1.37. The van der Waals surface area contributed by atoms with Gasteiger partial charge in [0.2, 0.25) is 0 Å². The van der Waals surface area contributed by atoms with Gasteiger partial charge in [-0.05, 0) is 23.8 Å². The van der Waals surface area contributed by atoms with E-state index in [-0.39, 0.29) is 18.5 Å². The van der Waals surface area contributed by atoms with E-state index in [9.17, 15) is 26.3 Å². The molecule has 0 radical (unpaired) electrons. The van der Waals surface area contributed by atoms with E-state index in [1.165, 1.54) is 0 Å². The van der Waals surface area contributed by atoms with Crippen molar-refractivity contribution in [1.82, 2.24) is 0 Å².